The van der Waals surface area contributed by atoms with Crippen LogP contribution in [0.4, 0.5) is 0 Å². The summed E-state index contributed by atoms with van der Waals surface area (Å²) in [6.07, 6.45) is 5.99. The quantitative estimate of drug-likeness (QED) is 0.553. The van der Waals surface area contributed by atoms with Gasteiger partial charge in [-0.05, 0) is 32.1 Å². The molecule has 1 saturated carbocycles. The van der Waals surface area contributed by atoms with Gasteiger partial charge >= 0.3 is 0 Å². The Labute approximate surface area is 116 Å². The first-order chi connectivity index (χ1) is 9.17. The summed E-state index contributed by atoms with van der Waals surface area (Å²) in [5.41, 5.74) is 5.88. The van der Waals surface area contributed by atoms with Gasteiger partial charge in [0.25, 0.3) is 0 Å². The lowest BCUT2D eigenvalue weighted by Crippen LogP contribution is -2.63. The Morgan fingerprint density at radius 3 is 2.32 bits per heavy atom. The summed E-state index contributed by atoms with van der Waals surface area (Å²) in [4.78, 5) is 2.34. The maximum atomic E-state index is 5.91. The molecule has 1 aliphatic carbocycles. The van der Waals surface area contributed by atoms with E-state index in [4.69, 9.17) is 19.9 Å². The average Bonchev–Trinajstić information content (AvgIpc) is 2.39. The van der Waals surface area contributed by atoms with E-state index in [2.05, 4.69) is 4.90 Å². The van der Waals surface area contributed by atoms with E-state index in [9.17, 15) is 0 Å². The molecule has 0 bridgehead atoms. The van der Waals surface area contributed by atoms with Crippen molar-refractivity contribution in [3.8, 4) is 0 Å². The zero-order chi connectivity index (χ0) is 13.7. The van der Waals surface area contributed by atoms with Gasteiger partial charge in [0.1, 0.15) is 0 Å². The normalized spacial score (nSPS) is 31.1. The number of hydrogen-bond donors (Lipinski definition) is 1. The average molecular weight is 272 g/mol. The Hall–Kier alpha value is -0.200. The van der Waals surface area contributed by atoms with Crippen molar-refractivity contribution in [2.75, 3.05) is 40.5 Å². The first-order valence-corrected chi connectivity index (χ1v) is 7.37. The molecule has 0 unspecified atom stereocenters. The summed E-state index contributed by atoms with van der Waals surface area (Å²) in [5, 5.41) is 0. The Kier molecular flexibility index (Phi) is 5.59. The Balaban J connectivity index is 1.49. The Bertz CT molecular complexity index is 255. The van der Waals surface area contributed by atoms with Crippen LogP contribution in [0.3, 0.4) is 0 Å². The van der Waals surface area contributed by atoms with Gasteiger partial charge in [-0.1, -0.05) is 0 Å². The number of methoxy groups -OCH3 is 2. The zero-order valence-electron chi connectivity index (χ0n) is 12.3. The molecule has 2 aliphatic rings. The molecule has 2 fully saturated rings. The first-order valence-electron chi connectivity index (χ1n) is 7.37. The van der Waals surface area contributed by atoms with Crippen molar-refractivity contribution in [1.29, 1.82) is 0 Å². The standard InChI is InChI=1S/C14H28N2O3/c1-17-14(18-2)10-16(11-14)8-3-9-19-13-6-4-12(15)5-7-13/h12-13H,3-11,15H2,1-2H3. The van der Waals surface area contributed by atoms with Gasteiger partial charge in [0.15, 0.2) is 5.79 Å². The lowest BCUT2D eigenvalue weighted by molar-refractivity contribution is -0.275. The van der Waals surface area contributed by atoms with Gasteiger partial charge in [-0.2, -0.15) is 0 Å². The highest BCUT2D eigenvalue weighted by atomic mass is 16.7. The summed E-state index contributed by atoms with van der Waals surface area (Å²) in [7, 11) is 3.41. The lowest BCUT2D eigenvalue weighted by atomic mass is 9.94. The molecule has 0 aromatic carbocycles. The number of nitrogens with zero attached hydrogens (tertiary/aromatic N) is 1. The number of ether oxygens (including phenoxy) is 3. The van der Waals surface area contributed by atoms with Crippen LogP contribution in [0.5, 0.6) is 0 Å². The number of rotatable bonds is 7. The minimum atomic E-state index is -0.361. The second-order valence-corrected chi connectivity index (χ2v) is 5.79. The lowest BCUT2D eigenvalue weighted by Gasteiger charge is -2.47. The second kappa shape index (κ2) is 6.99. The predicted molar refractivity (Wildman–Crippen MR) is 74.0 cm³/mol. The van der Waals surface area contributed by atoms with E-state index in [0.717, 1.165) is 58.3 Å². The van der Waals surface area contributed by atoms with Crippen LogP contribution >= 0.6 is 0 Å². The molecule has 5 nitrogen and oxygen atoms in total. The van der Waals surface area contributed by atoms with Crippen LogP contribution < -0.4 is 5.73 Å². The third-order valence-corrected chi connectivity index (χ3v) is 4.36. The van der Waals surface area contributed by atoms with Crippen LogP contribution in [-0.4, -0.2) is 63.3 Å². The van der Waals surface area contributed by atoms with Crippen molar-refractivity contribution in [3.63, 3.8) is 0 Å². The first kappa shape index (κ1) is 15.2. The van der Waals surface area contributed by atoms with Crippen LogP contribution in [-0.2, 0) is 14.2 Å². The molecule has 1 aliphatic heterocycles. The van der Waals surface area contributed by atoms with Gasteiger partial charge < -0.3 is 19.9 Å². The number of nitrogens with two attached hydrogens (primary N) is 1. The fourth-order valence-electron chi connectivity index (χ4n) is 2.93. The van der Waals surface area contributed by atoms with Gasteiger partial charge in [0.05, 0.1) is 19.2 Å². The topological polar surface area (TPSA) is 57.0 Å². The molecule has 2 rings (SSSR count). The predicted octanol–water partition coefficient (Wildman–Crippen LogP) is 0.968. The molecule has 19 heavy (non-hydrogen) atoms. The minimum Gasteiger partial charge on any atom is -0.378 e. The fraction of sp³-hybridized carbons (Fsp3) is 1.00. The molecule has 2 N–H and O–H groups in total. The molecular weight excluding hydrogens is 244 g/mol. The summed E-state index contributed by atoms with van der Waals surface area (Å²) >= 11 is 0. The monoisotopic (exact) mass is 272 g/mol. The minimum absolute atomic E-state index is 0.361. The molecule has 1 heterocycles. The van der Waals surface area contributed by atoms with E-state index in [-0.39, 0.29) is 5.79 Å². The van der Waals surface area contributed by atoms with Gasteiger partial charge in [-0.3, -0.25) is 4.90 Å². The summed E-state index contributed by atoms with van der Waals surface area (Å²) in [6, 6.07) is 0.400. The molecular formula is C14H28N2O3. The van der Waals surface area contributed by atoms with Crippen LogP contribution in [0.15, 0.2) is 0 Å². The van der Waals surface area contributed by atoms with Crippen molar-refractivity contribution >= 4 is 0 Å². The molecule has 1 saturated heterocycles. The maximum absolute atomic E-state index is 5.91. The van der Waals surface area contributed by atoms with Gasteiger partial charge in [0, 0.05) is 33.4 Å². The number of hydrogen-bond acceptors (Lipinski definition) is 5. The van der Waals surface area contributed by atoms with Crippen LogP contribution in [0.25, 0.3) is 0 Å². The highest BCUT2D eigenvalue weighted by molar-refractivity contribution is 4.88. The third-order valence-electron chi connectivity index (χ3n) is 4.36. The summed E-state index contributed by atoms with van der Waals surface area (Å²) in [5.74, 6) is -0.361. The molecule has 0 radical (unpaired) electrons. The van der Waals surface area contributed by atoms with E-state index in [1.54, 1.807) is 14.2 Å². The molecule has 0 amide bonds. The molecule has 0 spiro atoms. The zero-order valence-corrected chi connectivity index (χ0v) is 12.3. The van der Waals surface area contributed by atoms with Crippen molar-refractivity contribution in [2.45, 2.75) is 50.0 Å². The van der Waals surface area contributed by atoms with Crippen molar-refractivity contribution in [1.82, 2.24) is 4.90 Å². The third kappa shape index (κ3) is 4.13. The van der Waals surface area contributed by atoms with E-state index in [1.165, 1.54) is 0 Å². The Morgan fingerprint density at radius 2 is 1.74 bits per heavy atom. The number of likely N-dealkylation sites (tertiary alicyclic amines) is 1. The second-order valence-electron chi connectivity index (χ2n) is 5.79. The van der Waals surface area contributed by atoms with E-state index < -0.39 is 0 Å². The van der Waals surface area contributed by atoms with Crippen molar-refractivity contribution < 1.29 is 14.2 Å². The van der Waals surface area contributed by atoms with E-state index in [1.807, 2.05) is 0 Å². The van der Waals surface area contributed by atoms with Crippen LogP contribution in [0.1, 0.15) is 32.1 Å². The van der Waals surface area contributed by atoms with E-state index >= 15 is 0 Å². The SMILES string of the molecule is COC1(OC)CN(CCCOC2CCC(N)CC2)C1. The van der Waals surface area contributed by atoms with Crippen molar-refractivity contribution in [2.24, 2.45) is 5.73 Å². The summed E-state index contributed by atoms with van der Waals surface area (Å²) < 4.78 is 16.6. The highest BCUT2D eigenvalue weighted by Gasteiger charge is 2.43. The fourth-order valence-corrected chi connectivity index (χ4v) is 2.93. The van der Waals surface area contributed by atoms with E-state index in [0.29, 0.717) is 12.1 Å². The molecule has 112 valence electrons. The van der Waals surface area contributed by atoms with Crippen LogP contribution in [0, 0.1) is 0 Å². The van der Waals surface area contributed by atoms with Crippen molar-refractivity contribution in [3.05, 3.63) is 0 Å². The van der Waals surface area contributed by atoms with Crippen LogP contribution in [0.2, 0.25) is 0 Å². The molecule has 0 atom stereocenters. The largest absolute Gasteiger partial charge is 0.378 e. The molecule has 0 aromatic rings. The smallest absolute Gasteiger partial charge is 0.193 e. The molecule has 5 heteroatoms. The van der Waals surface area contributed by atoms with Gasteiger partial charge in [0.2, 0.25) is 0 Å². The maximum Gasteiger partial charge on any atom is 0.193 e. The Morgan fingerprint density at radius 1 is 1.11 bits per heavy atom. The summed E-state index contributed by atoms with van der Waals surface area (Å²) in [6.45, 7) is 3.63. The van der Waals surface area contributed by atoms with Gasteiger partial charge in [-0.25, -0.2) is 0 Å². The highest BCUT2D eigenvalue weighted by Crippen LogP contribution is 2.25. The molecule has 0 aromatic heterocycles. The van der Waals surface area contributed by atoms with Gasteiger partial charge in [-0.15, -0.1) is 0 Å².